The third-order valence-corrected chi connectivity index (χ3v) is 12.2. The van der Waals surface area contributed by atoms with Gasteiger partial charge < -0.3 is 68.9 Å². The summed E-state index contributed by atoms with van der Waals surface area (Å²) in [5.41, 5.74) is 1.39. The summed E-state index contributed by atoms with van der Waals surface area (Å²) in [7, 11) is 4.29. The highest BCUT2D eigenvalue weighted by Gasteiger charge is 2.62. The molecule has 348 valence electrons. The van der Waals surface area contributed by atoms with Gasteiger partial charge in [0, 0.05) is 38.2 Å². The van der Waals surface area contributed by atoms with Gasteiger partial charge in [0.05, 0.1) is 31.5 Å². The van der Waals surface area contributed by atoms with E-state index in [-0.39, 0.29) is 24.3 Å². The Bertz CT molecular complexity index is 1650. The molecule has 3 aliphatic heterocycles. The number of carbonyl (C=O) groups excluding carboxylic acids is 1. The van der Waals surface area contributed by atoms with Crippen LogP contribution in [0, 0.1) is 17.8 Å². The van der Waals surface area contributed by atoms with Gasteiger partial charge in [-0.2, -0.15) is 0 Å². The molecule has 2 saturated heterocycles. The predicted molar refractivity (Wildman–Crippen MR) is 227 cm³/mol. The largest absolute Gasteiger partial charge is 0.497 e. The van der Waals surface area contributed by atoms with Crippen LogP contribution in [0.4, 0.5) is 0 Å². The van der Waals surface area contributed by atoms with Gasteiger partial charge in [-0.15, -0.1) is 0 Å². The Labute approximate surface area is 362 Å². The molecule has 0 saturated carbocycles. The lowest BCUT2D eigenvalue weighted by atomic mass is 9.75. The first-order valence-electron chi connectivity index (χ1n) is 21.2. The molecule has 3 rings (SSSR count). The fourth-order valence-corrected chi connectivity index (χ4v) is 8.37. The number of rotatable bonds is 10. The normalized spacial score (nSPS) is 44.8. The average molecular weight is 867 g/mol. The first-order valence-corrected chi connectivity index (χ1v) is 21.2. The zero-order valence-corrected chi connectivity index (χ0v) is 38.3. The molecular weight excluding hydrogens is 792 g/mol. The molecule has 16 atom stereocenters. The van der Waals surface area contributed by atoms with Crippen molar-refractivity contribution in [1.29, 1.82) is 0 Å². The SMILES string of the molecule is COCCC[C@@H]1O[C@@](O)([C@H](C)[C@@H]2C[C@H](C)[C@@H](O)\C=C(C)/C=C(C)\C=C(\C)[C@@H](O[C@H]3O[C@@H](C)[C@@H](O)[C@@H](O)[C@@H]3O)[C@H](C)\C=C(C)/C=C(OC)\C=C(\C)C(=O)O2)[C@@H](OC)[C@@H](O)[C@@]1(C)O. The summed E-state index contributed by atoms with van der Waals surface area (Å²) >= 11 is 0. The molecule has 0 aliphatic carbocycles. The first-order chi connectivity index (χ1) is 28.4. The average Bonchev–Trinajstić information content (AvgIpc) is 3.18. The van der Waals surface area contributed by atoms with Crippen LogP contribution in [0.1, 0.15) is 88.5 Å². The molecule has 7 N–H and O–H groups in total. The number of carbonyl (C=O) groups is 1. The third kappa shape index (κ3) is 13.1. The number of esters is 1. The Hall–Kier alpha value is -2.77. The summed E-state index contributed by atoms with van der Waals surface area (Å²) in [6.07, 6.45) is -1.84. The van der Waals surface area contributed by atoms with Gasteiger partial charge in [-0.25, -0.2) is 4.79 Å². The van der Waals surface area contributed by atoms with Crippen LogP contribution in [-0.2, 0) is 38.0 Å². The van der Waals surface area contributed by atoms with Crippen molar-refractivity contribution in [3.05, 3.63) is 70.1 Å². The lowest BCUT2D eigenvalue weighted by molar-refractivity contribution is -0.392. The summed E-state index contributed by atoms with van der Waals surface area (Å²) in [4.78, 5) is 14.0. The maximum absolute atomic E-state index is 14.0. The minimum atomic E-state index is -2.26. The Morgan fingerprint density at radius 3 is 2.10 bits per heavy atom. The fourth-order valence-electron chi connectivity index (χ4n) is 8.37. The Balaban J connectivity index is 2.13. The van der Waals surface area contributed by atoms with Crippen molar-refractivity contribution < 1.29 is 73.7 Å². The van der Waals surface area contributed by atoms with Gasteiger partial charge in [-0.3, -0.25) is 0 Å². The minimum Gasteiger partial charge on any atom is -0.497 e. The Morgan fingerprint density at radius 1 is 0.852 bits per heavy atom. The number of aliphatic hydroxyl groups excluding tert-OH is 5. The summed E-state index contributed by atoms with van der Waals surface area (Å²) < 4.78 is 41.1. The molecule has 0 aromatic heterocycles. The molecule has 15 nitrogen and oxygen atoms in total. The van der Waals surface area contributed by atoms with Gasteiger partial charge in [0.25, 0.3) is 0 Å². The van der Waals surface area contributed by atoms with E-state index in [1.807, 2.05) is 52.8 Å². The van der Waals surface area contributed by atoms with Crippen LogP contribution in [-0.4, -0.2) is 148 Å². The molecule has 0 radical (unpaired) electrons. The molecule has 0 amide bonds. The van der Waals surface area contributed by atoms with Crippen LogP contribution in [0.3, 0.4) is 0 Å². The van der Waals surface area contributed by atoms with Gasteiger partial charge in [0.2, 0.25) is 5.79 Å². The quantitative estimate of drug-likeness (QED) is 0.123. The number of aliphatic hydroxyl groups is 7. The monoisotopic (exact) mass is 867 g/mol. The zero-order chi connectivity index (χ0) is 46.1. The van der Waals surface area contributed by atoms with Gasteiger partial charge in [0.15, 0.2) is 6.29 Å². The van der Waals surface area contributed by atoms with Crippen LogP contribution in [0.2, 0.25) is 0 Å². The molecule has 2 fully saturated rings. The van der Waals surface area contributed by atoms with Crippen LogP contribution in [0.15, 0.2) is 70.1 Å². The molecule has 61 heavy (non-hydrogen) atoms. The topological polar surface area (TPSA) is 223 Å². The summed E-state index contributed by atoms with van der Waals surface area (Å²) in [6, 6.07) is 0. The second-order valence-electron chi connectivity index (χ2n) is 17.5. The van der Waals surface area contributed by atoms with Crippen molar-refractivity contribution >= 4 is 5.97 Å². The summed E-state index contributed by atoms with van der Waals surface area (Å²) in [6.45, 7) is 17.7. The van der Waals surface area contributed by atoms with E-state index in [0.717, 1.165) is 22.3 Å². The number of cyclic esters (lactones) is 1. The van der Waals surface area contributed by atoms with E-state index < -0.39 is 96.5 Å². The molecule has 0 aromatic rings. The van der Waals surface area contributed by atoms with E-state index in [9.17, 15) is 40.5 Å². The smallest absolute Gasteiger partial charge is 0.334 e. The van der Waals surface area contributed by atoms with Crippen LogP contribution < -0.4 is 0 Å². The predicted octanol–water partition coefficient (Wildman–Crippen LogP) is 3.69. The van der Waals surface area contributed by atoms with Crippen molar-refractivity contribution in [2.75, 3.05) is 27.9 Å². The van der Waals surface area contributed by atoms with Gasteiger partial charge >= 0.3 is 5.97 Å². The fraction of sp³-hybridized carbons (Fsp3) is 0.717. The van der Waals surface area contributed by atoms with E-state index in [1.165, 1.54) is 27.2 Å². The zero-order valence-electron chi connectivity index (χ0n) is 38.3. The molecular formula is C46H74O15. The number of hydrogen-bond acceptors (Lipinski definition) is 15. The van der Waals surface area contributed by atoms with E-state index in [4.69, 9.17) is 33.2 Å². The molecule has 0 aromatic carbocycles. The summed E-state index contributed by atoms with van der Waals surface area (Å²) in [5.74, 6) is -4.64. The summed E-state index contributed by atoms with van der Waals surface area (Å²) in [5, 5.41) is 78.4. The number of allylic oxidation sites excluding steroid dienone is 7. The molecule has 15 heteroatoms. The van der Waals surface area contributed by atoms with Crippen LogP contribution >= 0.6 is 0 Å². The van der Waals surface area contributed by atoms with E-state index in [1.54, 1.807) is 47.0 Å². The van der Waals surface area contributed by atoms with Crippen LogP contribution in [0.5, 0.6) is 0 Å². The first kappa shape index (κ1) is 52.6. The highest BCUT2D eigenvalue weighted by molar-refractivity contribution is 5.88. The molecule has 3 aliphatic rings. The van der Waals surface area contributed by atoms with E-state index >= 15 is 0 Å². The Morgan fingerprint density at radius 2 is 1.49 bits per heavy atom. The molecule has 0 bridgehead atoms. The van der Waals surface area contributed by atoms with Crippen molar-refractivity contribution in [2.45, 2.75) is 167 Å². The number of hydrogen-bond donors (Lipinski definition) is 7. The minimum absolute atomic E-state index is 0.0426. The standard InChI is InChI=1S/C46H74O15/c1-24-17-25(2)21-34(47)27(4)23-35(31(8)46(54)42(57-13)41(51)45(10,53)36(61-46)15-14-16-55-11)59-43(52)30(7)22-33(56-12)20-26(3)19-29(6)40(28(5)18-24)60-44-39(50)38(49)37(48)32(9)58-44/h17-22,27,29,31-32,34-42,44,47-51,53-54H,14-16,23H2,1-13H3/b24-17-,25-21-,26-19-,28-18-,30-22-,33-20+/t27-,29+,31+,32-,34-,35-,36-,37+,38+,39-,40+,41+,42-,44+,45-,46-/m0/s1. The van der Waals surface area contributed by atoms with Crippen molar-refractivity contribution in [2.24, 2.45) is 17.8 Å². The highest BCUT2D eigenvalue weighted by Crippen LogP contribution is 2.44. The van der Waals surface area contributed by atoms with Crippen molar-refractivity contribution in [1.82, 2.24) is 0 Å². The molecule has 0 unspecified atom stereocenters. The lowest BCUT2D eigenvalue weighted by Crippen LogP contribution is -2.72. The second kappa shape index (κ2) is 22.7. The van der Waals surface area contributed by atoms with Gasteiger partial charge in [-0.05, 0) is 91.4 Å². The highest BCUT2D eigenvalue weighted by atomic mass is 16.7. The van der Waals surface area contributed by atoms with Gasteiger partial charge in [0.1, 0.15) is 48.0 Å². The number of ether oxygens (including phenoxy) is 7. The van der Waals surface area contributed by atoms with Crippen molar-refractivity contribution in [3.63, 3.8) is 0 Å². The lowest BCUT2D eigenvalue weighted by Gasteiger charge is -2.54. The molecule has 3 heterocycles. The second-order valence-corrected chi connectivity index (χ2v) is 17.5. The Kier molecular flexibility index (Phi) is 19.6. The maximum Gasteiger partial charge on any atom is 0.334 e. The maximum atomic E-state index is 14.0. The number of methoxy groups -OCH3 is 3. The van der Waals surface area contributed by atoms with Gasteiger partial charge in [-0.1, -0.05) is 61.8 Å². The van der Waals surface area contributed by atoms with E-state index in [0.29, 0.717) is 18.8 Å². The van der Waals surface area contributed by atoms with Crippen molar-refractivity contribution in [3.8, 4) is 0 Å². The van der Waals surface area contributed by atoms with Crippen LogP contribution in [0.25, 0.3) is 0 Å². The van der Waals surface area contributed by atoms with E-state index in [2.05, 4.69) is 0 Å². The third-order valence-electron chi connectivity index (χ3n) is 12.2. The molecule has 0 spiro atoms.